The molecular weight excluding hydrogens is 344 g/mol. The molecule has 0 unspecified atom stereocenters. The summed E-state index contributed by atoms with van der Waals surface area (Å²) in [5.41, 5.74) is 2.56. The van der Waals surface area contributed by atoms with Gasteiger partial charge < -0.3 is 10.2 Å². The summed E-state index contributed by atoms with van der Waals surface area (Å²) in [7, 11) is 1.86. The smallest absolute Gasteiger partial charge is 0.227 e. The lowest BCUT2D eigenvalue weighted by atomic mass is 10.1. The van der Waals surface area contributed by atoms with Crippen molar-refractivity contribution in [3.8, 4) is 11.3 Å². The number of nitrogens with one attached hydrogen (secondary N) is 1. The summed E-state index contributed by atoms with van der Waals surface area (Å²) < 4.78 is 3.65. The first-order valence-corrected chi connectivity index (χ1v) is 9.08. The van der Waals surface area contributed by atoms with Crippen LogP contribution in [0.5, 0.6) is 0 Å². The molecule has 1 aliphatic heterocycles. The van der Waals surface area contributed by atoms with Crippen molar-refractivity contribution in [3.05, 3.63) is 37.1 Å². The molecule has 9 heteroatoms. The fourth-order valence-electron chi connectivity index (χ4n) is 3.26. The summed E-state index contributed by atoms with van der Waals surface area (Å²) in [6.07, 6.45) is 11.2. The second-order valence-electron chi connectivity index (χ2n) is 7.17. The Bertz CT molecular complexity index is 983. The molecule has 4 heterocycles. The molecule has 1 N–H and O–H groups in total. The van der Waals surface area contributed by atoms with Crippen molar-refractivity contribution >= 4 is 17.5 Å². The van der Waals surface area contributed by atoms with Crippen LogP contribution in [0.2, 0.25) is 0 Å². The van der Waals surface area contributed by atoms with E-state index >= 15 is 0 Å². The number of rotatable bonds is 5. The van der Waals surface area contributed by atoms with Gasteiger partial charge >= 0.3 is 0 Å². The number of amides is 1. The van der Waals surface area contributed by atoms with E-state index in [4.69, 9.17) is 0 Å². The van der Waals surface area contributed by atoms with Crippen molar-refractivity contribution in [3.63, 3.8) is 0 Å². The third-order valence-corrected chi connectivity index (χ3v) is 4.99. The van der Waals surface area contributed by atoms with Crippen molar-refractivity contribution in [2.24, 2.45) is 13.0 Å². The van der Waals surface area contributed by atoms with E-state index in [2.05, 4.69) is 25.5 Å². The Balaban J connectivity index is 1.27. The van der Waals surface area contributed by atoms with Gasteiger partial charge in [-0.1, -0.05) is 0 Å². The quantitative estimate of drug-likeness (QED) is 0.739. The Hall–Kier alpha value is -3.23. The maximum atomic E-state index is 12.0. The van der Waals surface area contributed by atoms with Gasteiger partial charge in [-0.05, 0) is 18.9 Å². The Kier molecular flexibility index (Phi) is 3.66. The molecule has 9 nitrogen and oxygen atoms in total. The number of anilines is 2. The molecule has 0 aromatic carbocycles. The van der Waals surface area contributed by atoms with Gasteiger partial charge in [0, 0.05) is 50.2 Å². The van der Waals surface area contributed by atoms with E-state index in [9.17, 15) is 4.79 Å². The third-order valence-electron chi connectivity index (χ3n) is 4.99. The van der Waals surface area contributed by atoms with Crippen LogP contribution in [0.1, 0.15) is 18.9 Å². The second kappa shape index (κ2) is 6.19. The zero-order valence-electron chi connectivity index (χ0n) is 15.0. The number of hydrogen-bond acceptors (Lipinski definition) is 6. The molecule has 5 rings (SSSR count). The van der Waals surface area contributed by atoms with Crippen LogP contribution in [0.4, 0.5) is 11.6 Å². The molecule has 0 bridgehead atoms. The van der Waals surface area contributed by atoms with Crippen LogP contribution in [0.3, 0.4) is 0 Å². The molecule has 0 atom stereocenters. The number of aryl methyl sites for hydroxylation is 1. The number of carbonyl (C=O) groups is 1. The predicted octanol–water partition coefficient (Wildman–Crippen LogP) is 1.61. The Morgan fingerprint density at radius 3 is 2.78 bits per heavy atom. The molecule has 27 heavy (non-hydrogen) atoms. The zero-order valence-corrected chi connectivity index (χ0v) is 15.0. The average molecular weight is 364 g/mol. The van der Waals surface area contributed by atoms with Crippen molar-refractivity contribution in [2.45, 2.75) is 18.9 Å². The van der Waals surface area contributed by atoms with Gasteiger partial charge in [0.15, 0.2) is 0 Å². The molecule has 3 aromatic heterocycles. The SMILES string of the molecule is Cn1cc(Nc2nccc(-c3cnn(C4CN(C(=O)C5CC5)C4)c3)n2)cn1. The first-order chi connectivity index (χ1) is 13.2. The summed E-state index contributed by atoms with van der Waals surface area (Å²) in [6, 6.07) is 2.11. The van der Waals surface area contributed by atoms with Crippen molar-refractivity contribution in [1.29, 1.82) is 0 Å². The lowest BCUT2D eigenvalue weighted by Gasteiger charge is -2.39. The summed E-state index contributed by atoms with van der Waals surface area (Å²) >= 11 is 0. The van der Waals surface area contributed by atoms with E-state index < -0.39 is 0 Å². The maximum Gasteiger partial charge on any atom is 0.227 e. The fraction of sp³-hybridized carbons (Fsp3) is 0.389. The molecule has 1 amide bonds. The lowest BCUT2D eigenvalue weighted by Crippen LogP contribution is -2.51. The first kappa shape index (κ1) is 16.0. The highest BCUT2D eigenvalue weighted by atomic mass is 16.2. The van der Waals surface area contributed by atoms with Crippen molar-refractivity contribution in [1.82, 2.24) is 34.4 Å². The fourth-order valence-corrected chi connectivity index (χ4v) is 3.26. The summed E-state index contributed by atoms with van der Waals surface area (Å²) in [5, 5.41) is 11.7. The molecule has 1 saturated carbocycles. The molecular formula is C18H20N8O. The highest BCUT2D eigenvalue weighted by Gasteiger charge is 2.40. The normalized spacial score (nSPS) is 17.0. The number of nitrogens with zero attached hydrogens (tertiary/aromatic N) is 7. The molecule has 3 aromatic rings. The number of carbonyl (C=O) groups excluding carboxylic acids is 1. The number of aromatic nitrogens is 6. The summed E-state index contributed by atoms with van der Waals surface area (Å²) in [5.74, 6) is 1.10. The Morgan fingerprint density at radius 1 is 1.19 bits per heavy atom. The topological polar surface area (TPSA) is 93.8 Å². The van der Waals surface area contributed by atoms with Gasteiger partial charge in [-0.15, -0.1) is 0 Å². The molecule has 0 radical (unpaired) electrons. The van der Waals surface area contributed by atoms with Crippen LogP contribution >= 0.6 is 0 Å². The minimum Gasteiger partial charge on any atom is -0.338 e. The summed E-state index contributed by atoms with van der Waals surface area (Å²) in [6.45, 7) is 1.49. The van der Waals surface area contributed by atoms with Crippen molar-refractivity contribution in [2.75, 3.05) is 18.4 Å². The molecule has 1 aliphatic carbocycles. The monoisotopic (exact) mass is 364 g/mol. The van der Waals surface area contributed by atoms with Crippen LogP contribution < -0.4 is 5.32 Å². The van der Waals surface area contributed by atoms with Gasteiger partial charge in [0.25, 0.3) is 0 Å². The third kappa shape index (κ3) is 3.16. The minimum absolute atomic E-state index is 0.247. The van der Waals surface area contributed by atoms with Crippen LogP contribution in [0.25, 0.3) is 11.3 Å². The van der Waals surface area contributed by atoms with Gasteiger partial charge in [-0.3, -0.25) is 14.2 Å². The number of hydrogen-bond donors (Lipinski definition) is 1. The van der Waals surface area contributed by atoms with E-state index in [1.165, 1.54) is 0 Å². The van der Waals surface area contributed by atoms with Gasteiger partial charge in [-0.25, -0.2) is 9.97 Å². The molecule has 138 valence electrons. The van der Waals surface area contributed by atoms with Crippen LogP contribution in [-0.2, 0) is 11.8 Å². The van der Waals surface area contributed by atoms with Gasteiger partial charge in [0.05, 0.1) is 29.8 Å². The first-order valence-electron chi connectivity index (χ1n) is 9.08. The number of likely N-dealkylation sites (tertiary alicyclic amines) is 1. The molecule has 2 fully saturated rings. The van der Waals surface area contributed by atoms with Crippen LogP contribution in [0, 0.1) is 5.92 Å². The second-order valence-corrected chi connectivity index (χ2v) is 7.17. The maximum absolute atomic E-state index is 12.0. The van der Waals surface area contributed by atoms with E-state index in [1.54, 1.807) is 17.1 Å². The van der Waals surface area contributed by atoms with E-state index in [-0.39, 0.29) is 12.0 Å². The highest BCUT2D eigenvalue weighted by Crippen LogP contribution is 2.34. The van der Waals surface area contributed by atoms with Gasteiger partial charge in [0.2, 0.25) is 11.9 Å². The van der Waals surface area contributed by atoms with Crippen LogP contribution in [0.15, 0.2) is 37.1 Å². The van der Waals surface area contributed by atoms with Gasteiger partial charge in [0.1, 0.15) is 0 Å². The standard InChI is InChI=1S/C18H20N8O/c1-24-9-14(7-20-24)22-18-19-5-4-16(23-18)13-6-21-26(8-13)15-10-25(11-15)17(27)12-2-3-12/h4-9,12,15H,2-3,10-11H2,1H3,(H,19,22,23). The summed E-state index contributed by atoms with van der Waals surface area (Å²) in [4.78, 5) is 22.8. The largest absolute Gasteiger partial charge is 0.338 e. The van der Waals surface area contributed by atoms with Crippen molar-refractivity contribution < 1.29 is 4.79 Å². The van der Waals surface area contributed by atoms with Gasteiger partial charge in [-0.2, -0.15) is 10.2 Å². The average Bonchev–Trinajstić information content (AvgIpc) is 3.24. The minimum atomic E-state index is 0.247. The van der Waals surface area contributed by atoms with E-state index in [0.29, 0.717) is 11.9 Å². The zero-order chi connectivity index (χ0) is 18.4. The van der Waals surface area contributed by atoms with E-state index in [1.807, 2.05) is 41.3 Å². The molecule has 0 spiro atoms. The Labute approximate surface area is 156 Å². The Morgan fingerprint density at radius 2 is 2.04 bits per heavy atom. The van der Waals surface area contributed by atoms with E-state index in [0.717, 1.165) is 42.9 Å². The highest BCUT2D eigenvalue weighted by molar-refractivity contribution is 5.81. The molecule has 2 aliphatic rings. The lowest BCUT2D eigenvalue weighted by molar-refractivity contribution is -0.138. The molecule has 1 saturated heterocycles. The van der Waals surface area contributed by atoms with Crippen LogP contribution in [-0.4, -0.2) is 53.4 Å². The predicted molar refractivity (Wildman–Crippen MR) is 98.1 cm³/mol.